The van der Waals surface area contributed by atoms with Crippen LogP contribution in [0.4, 0.5) is 16.3 Å². The first-order valence-corrected chi connectivity index (χ1v) is 9.86. The van der Waals surface area contributed by atoms with E-state index < -0.39 is 6.29 Å². The lowest BCUT2D eigenvalue weighted by Crippen LogP contribution is -2.57. The lowest BCUT2D eigenvalue weighted by Gasteiger charge is -2.34. The molecular formula is C21H30N6O2. The molecule has 1 aliphatic heterocycles. The van der Waals surface area contributed by atoms with Crippen LogP contribution in [0.3, 0.4) is 0 Å². The van der Waals surface area contributed by atoms with Gasteiger partial charge in [0.05, 0.1) is 11.6 Å². The Bertz CT molecular complexity index is 897. The van der Waals surface area contributed by atoms with Crippen LogP contribution in [0.5, 0.6) is 0 Å². The molecule has 8 heteroatoms. The molecule has 1 aromatic heterocycles. The minimum absolute atomic E-state index is 0.0127. The van der Waals surface area contributed by atoms with Gasteiger partial charge in [-0.15, -0.1) is 0 Å². The highest BCUT2D eigenvalue weighted by Gasteiger charge is 2.32. The highest BCUT2D eigenvalue weighted by Crippen LogP contribution is 2.24. The molecule has 2 aromatic rings. The topological polar surface area (TPSA) is 100 Å². The standard InChI is InChI=1S/C21H30N6O2/c1-12-11-17(27(26-12)19-22-14(3)13(2)18(28)25-19)24-20(29)23-16-9-7-15(8-10-16)21(4,5)6/h7-11,13-14,19,22H,1-6H3,(H,25,28)(H2,23,24,29). The quantitative estimate of drug-likeness (QED) is 0.637. The van der Waals surface area contributed by atoms with E-state index in [2.05, 4.69) is 47.1 Å². The van der Waals surface area contributed by atoms with Crippen molar-refractivity contribution in [1.82, 2.24) is 20.4 Å². The summed E-state index contributed by atoms with van der Waals surface area (Å²) in [4.78, 5) is 24.7. The second-order valence-corrected chi connectivity index (χ2v) is 8.68. The molecule has 3 unspecified atom stereocenters. The van der Waals surface area contributed by atoms with Crippen molar-refractivity contribution in [3.05, 3.63) is 41.6 Å². The molecule has 0 bridgehead atoms. The second kappa shape index (κ2) is 7.87. The Balaban J connectivity index is 1.71. The zero-order valence-electron chi connectivity index (χ0n) is 17.8. The lowest BCUT2D eigenvalue weighted by atomic mass is 9.87. The zero-order valence-corrected chi connectivity index (χ0v) is 17.8. The van der Waals surface area contributed by atoms with E-state index in [0.717, 1.165) is 5.69 Å². The van der Waals surface area contributed by atoms with Gasteiger partial charge in [0.2, 0.25) is 5.91 Å². The van der Waals surface area contributed by atoms with Gasteiger partial charge in [0, 0.05) is 17.8 Å². The summed E-state index contributed by atoms with van der Waals surface area (Å²) >= 11 is 0. The molecule has 29 heavy (non-hydrogen) atoms. The summed E-state index contributed by atoms with van der Waals surface area (Å²) < 4.78 is 1.58. The predicted molar refractivity (Wildman–Crippen MR) is 114 cm³/mol. The van der Waals surface area contributed by atoms with Gasteiger partial charge in [0.1, 0.15) is 5.82 Å². The van der Waals surface area contributed by atoms with Crippen LogP contribution in [0.2, 0.25) is 0 Å². The van der Waals surface area contributed by atoms with Crippen LogP contribution >= 0.6 is 0 Å². The maximum Gasteiger partial charge on any atom is 0.324 e. The molecule has 0 radical (unpaired) electrons. The Labute approximate surface area is 171 Å². The molecule has 0 saturated carbocycles. The Hall–Kier alpha value is -2.87. The number of nitrogens with zero attached hydrogens (tertiary/aromatic N) is 2. The van der Waals surface area contributed by atoms with Gasteiger partial charge in [-0.2, -0.15) is 5.10 Å². The van der Waals surface area contributed by atoms with Crippen molar-refractivity contribution in [1.29, 1.82) is 0 Å². The summed E-state index contributed by atoms with van der Waals surface area (Å²) in [5.74, 6) is 0.299. The highest BCUT2D eigenvalue weighted by molar-refractivity contribution is 5.99. The SMILES string of the molecule is Cc1cc(NC(=O)Nc2ccc(C(C)(C)C)cc2)n(C2NC(=O)C(C)C(C)N2)n1. The van der Waals surface area contributed by atoms with E-state index in [0.29, 0.717) is 11.5 Å². The van der Waals surface area contributed by atoms with Crippen LogP contribution in [0.15, 0.2) is 30.3 Å². The molecule has 0 spiro atoms. The molecule has 1 saturated heterocycles. The number of rotatable bonds is 3. The number of carbonyl (C=O) groups excluding carboxylic acids is 2. The molecule has 1 fully saturated rings. The van der Waals surface area contributed by atoms with Crippen LogP contribution < -0.4 is 21.3 Å². The highest BCUT2D eigenvalue weighted by atomic mass is 16.2. The van der Waals surface area contributed by atoms with Gasteiger partial charge >= 0.3 is 6.03 Å². The Morgan fingerprint density at radius 3 is 2.38 bits per heavy atom. The van der Waals surface area contributed by atoms with Gasteiger partial charge in [-0.05, 0) is 37.0 Å². The first kappa shape index (κ1) is 20.9. The first-order chi connectivity index (χ1) is 13.5. The Morgan fingerprint density at radius 1 is 1.14 bits per heavy atom. The molecular weight excluding hydrogens is 368 g/mol. The lowest BCUT2D eigenvalue weighted by molar-refractivity contribution is -0.130. The van der Waals surface area contributed by atoms with Crippen LogP contribution in [0.1, 0.15) is 52.2 Å². The van der Waals surface area contributed by atoms with E-state index >= 15 is 0 Å². The smallest absolute Gasteiger partial charge is 0.322 e. The van der Waals surface area contributed by atoms with E-state index in [4.69, 9.17) is 0 Å². The zero-order chi connectivity index (χ0) is 21.3. The number of benzene rings is 1. The molecule has 3 atom stereocenters. The van der Waals surface area contributed by atoms with Crippen molar-refractivity contribution in [3.63, 3.8) is 0 Å². The molecule has 4 N–H and O–H groups in total. The molecule has 156 valence electrons. The molecule has 3 rings (SSSR count). The molecule has 1 aromatic carbocycles. The normalized spacial score (nSPS) is 22.1. The van der Waals surface area contributed by atoms with E-state index in [1.165, 1.54) is 5.56 Å². The van der Waals surface area contributed by atoms with Crippen LogP contribution in [0.25, 0.3) is 0 Å². The van der Waals surface area contributed by atoms with E-state index in [1.807, 2.05) is 45.0 Å². The average molecular weight is 399 g/mol. The predicted octanol–water partition coefficient (Wildman–Crippen LogP) is 3.33. The van der Waals surface area contributed by atoms with Crippen LogP contribution in [0, 0.1) is 12.8 Å². The van der Waals surface area contributed by atoms with Gasteiger partial charge in [-0.1, -0.05) is 39.8 Å². The summed E-state index contributed by atoms with van der Waals surface area (Å²) in [6.45, 7) is 12.1. The van der Waals surface area contributed by atoms with Crippen molar-refractivity contribution in [2.24, 2.45) is 5.92 Å². The fourth-order valence-electron chi connectivity index (χ4n) is 3.20. The summed E-state index contributed by atoms with van der Waals surface area (Å²) in [6, 6.07) is 9.16. The summed E-state index contributed by atoms with van der Waals surface area (Å²) in [5, 5.41) is 16.3. The third-order valence-electron chi connectivity index (χ3n) is 5.22. The largest absolute Gasteiger partial charge is 0.324 e. The Morgan fingerprint density at radius 2 is 1.79 bits per heavy atom. The van der Waals surface area contributed by atoms with Crippen molar-refractivity contribution >= 4 is 23.4 Å². The van der Waals surface area contributed by atoms with Crippen LogP contribution in [-0.2, 0) is 10.2 Å². The Kier molecular flexibility index (Phi) is 5.66. The molecule has 1 aliphatic rings. The minimum atomic E-state index is -0.524. The number of hydrogen-bond acceptors (Lipinski definition) is 4. The number of nitrogens with one attached hydrogen (secondary N) is 4. The number of aryl methyl sites for hydroxylation is 1. The molecule has 3 amide bonds. The fourth-order valence-corrected chi connectivity index (χ4v) is 3.20. The summed E-state index contributed by atoms with van der Waals surface area (Å²) in [7, 11) is 0. The van der Waals surface area contributed by atoms with Gasteiger partial charge in [0.25, 0.3) is 0 Å². The minimum Gasteiger partial charge on any atom is -0.322 e. The molecule has 0 aliphatic carbocycles. The number of aromatic nitrogens is 2. The van der Waals surface area contributed by atoms with Crippen molar-refractivity contribution in [2.75, 3.05) is 10.6 Å². The number of anilines is 2. The van der Waals surface area contributed by atoms with Gasteiger partial charge in [-0.25, -0.2) is 9.48 Å². The molecule has 8 nitrogen and oxygen atoms in total. The number of amides is 3. The van der Waals surface area contributed by atoms with E-state index in [1.54, 1.807) is 10.7 Å². The van der Waals surface area contributed by atoms with Crippen molar-refractivity contribution in [3.8, 4) is 0 Å². The number of hydrogen-bond donors (Lipinski definition) is 4. The second-order valence-electron chi connectivity index (χ2n) is 8.68. The monoisotopic (exact) mass is 398 g/mol. The van der Waals surface area contributed by atoms with Crippen LogP contribution in [-0.4, -0.2) is 27.8 Å². The van der Waals surface area contributed by atoms with Gasteiger partial charge in [0.15, 0.2) is 6.29 Å². The number of urea groups is 1. The average Bonchev–Trinajstić information content (AvgIpc) is 2.99. The summed E-state index contributed by atoms with van der Waals surface area (Å²) in [6.07, 6.45) is -0.524. The van der Waals surface area contributed by atoms with E-state index in [9.17, 15) is 9.59 Å². The van der Waals surface area contributed by atoms with Crippen molar-refractivity contribution < 1.29 is 9.59 Å². The third kappa shape index (κ3) is 4.76. The first-order valence-electron chi connectivity index (χ1n) is 9.86. The summed E-state index contributed by atoms with van der Waals surface area (Å²) in [5.41, 5.74) is 2.68. The van der Waals surface area contributed by atoms with Gasteiger partial charge in [-0.3, -0.25) is 15.4 Å². The van der Waals surface area contributed by atoms with E-state index in [-0.39, 0.29) is 29.3 Å². The van der Waals surface area contributed by atoms with Crippen molar-refractivity contribution in [2.45, 2.75) is 59.3 Å². The fraction of sp³-hybridized carbons (Fsp3) is 0.476. The van der Waals surface area contributed by atoms with Gasteiger partial charge < -0.3 is 10.6 Å². The molecule has 2 heterocycles. The maximum atomic E-state index is 12.5. The maximum absolute atomic E-state index is 12.5. The number of carbonyl (C=O) groups is 2. The third-order valence-corrected chi connectivity index (χ3v) is 5.22.